The van der Waals surface area contributed by atoms with Gasteiger partial charge in [0.2, 0.25) is 5.89 Å². The third-order valence-corrected chi connectivity index (χ3v) is 2.12. The second-order valence-electron chi connectivity index (χ2n) is 4.53. The van der Waals surface area contributed by atoms with Crippen molar-refractivity contribution in [3.63, 3.8) is 0 Å². The van der Waals surface area contributed by atoms with Gasteiger partial charge in [-0.05, 0) is 12.3 Å². The molecule has 1 unspecified atom stereocenters. The molecule has 0 saturated carbocycles. The van der Waals surface area contributed by atoms with E-state index >= 15 is 0 Å². The predicted molar refractivity (Wildman–Crippen MR) is 56.0 cm³/mol. The maximum Gasteiger partial charge on any atom is 0.244 e. The number of hydrogen-bond donors (Lipinski definition) is 1. The average molecular weight is 213 g/mol. The van der Waals surface area contributed by atoms with Crippen molar-refractivity contribution < 1.29 is 9.26 Å². The largest absolute Gasteiger partial charge is 0.374 e. The molecule has 1 rings (SSSR count). The molecule has 86 valence electrons. The van der Waals surface area contributed by atoms with E-state index in [4.69, 9.17) is 15.0 Å². The van der Waals surface area contributed by atoms with Gasteiger partial charge in [0, 0.05) is 6.61 Å². The van der Waals surface area contributed by atoms with Crippen LogP contribution in [0.1, 0.15) is 45.5 Å². The molecule has 0 spiro atoms. The Morgan fingerprint density at radius 2 is 2.13 bits per heavy atom. The number of aromatic nitrogens is 2. The molecule has 0 amide bonds. The standard InChI is InChI=1S/C10H19N3O2/c1-5-14-6-7-12-9(15-13-7)8(11)10(2,3)4/h8H,5-6,11H2,1-4H3. The van der Waals surface area contributed by atoms with E-state index in [0.29, 0.717) is 24.9 Å². The Bertz CT molecular complexity index is 304. The van der Waals surface area contributed by atoms with Crippen LogP contribution in [0.25, 0.3) is 0 Å². The summed E-state index contributed by atoms with van der Waals surface area (Å²) < 4.78 is 10.3. The molecular formula is C10H19N3O2. The SMILES string of the molecule is CCOCc1noc(C(N)C(C)(C)C)n1. The van der Waals surface area contributed by atoms with Crippen LogP contribution in [-0.4, -0.2) is 16.7 Å². The lowest BCUT2D eigenvalue weighted by Gasteiger charge is -2.23. The normalized spacial score (nSPS) is 14.2. The van der Waals surface area contributed by atoms with E-state index < -0.39 is 0 Å². The quantitative estimate of drug-likeness (QED) is 0.823. The molecule has 0 saturated heterocycles. The summed E-state index contributed by atoms with van der Waals surface area (Å²) in [6.07, 6.45) is 0. The van der Waals surface area contributed by atoms with Crippen molar-refractivity contribution >= 4 is 0 Å². The first kappa shape index (κ1) is 12.1. The van der Waals surface area contributed by atoms with Crippen LogP contribution in [-0.2, 0) is 11.3 Å². The number of ether oxygens (including phenoxy) is 1. The molecule has 5 heteroatoms. The van der Waals surface area contributed by atoms with Gasteiger partial charge in [0.15, 0.2) is 5.82 Å². The molecule has 15 heavy (non-hydrogen) atoms. The summed E-state index contributed by atoms with van der Waals surface area (Å²) in [5.41, 5.74) is 5.89. The van der Waals surface area contributed by atoms with Crippen LogP contribution in [0.4, 0.5) is 0 Å². The van der Waals surface area contributed by atoms with Gasteiger partial charge in [0.05, 0.1) is 6.04 Å². The summed E-state index contributed by atoms with van der Waals surface area (Å²) in [5, 5.41) is 3.80. The summed E-state index contributed by atoms with van der Waals surface area (Å²) in [6, 6.07) is -0.250. The Morgan fingerprint density at radius 1 is 1.47 bits per heavy atom. The van der Waals surface area contributed by atoms with Gasteiger partial charge in [-0.2, -0.15) is 4.98 Å². The van der Waals surface area contributed by atoms with Gasteiger partial charge in [-0.1, -0.05) is 25.9 Å². The van der Waals surface area contributed by atoms with Gasteiger partial charge in [0.1, 0.15) is 6.61 Å². The molecule has 1 aromatic heterocycles. The number of hydrogen-bond acceptors (Lipinski definition) is 5. The van der Waals surface area contributed by atoms with E-state index in [0.717, 1.165) is 0 Å². The Hall–Kier alpha value is -0.940. The van der Waals surface area contributed by atoms with Gasteiger partial charge in [0.25, 0.3) is 0 Å². The van der Waals surface area contributed by atoms with E-state index in [2.05, 4.69) is 10.1 Å². The van der Waals surface area contributed by atoms with E-state index in [-0.39, 0.29) is 11.5 Å². The molecule has 0 bridgehead atoms. The highest BCUT2D eigenvalue weighted by atomic mass is 16.5. The highest BCUT2D eigenvalue weighted by molar-refractivity contribution is 4.95. The molecule has 0 aliphatic carbocycles. The van der Waals surface area contributed by atoms with E-state index in [9.17, 15) is 0 Å². The van der Waals surface area contributed by atoms with Crippen LogP contribution in [0.3, 0.4) is 0 Å². The Kier molecular flexibility index (Phi) is 3.82. The lowest BCUT2D eigenvalue weighted by molar-refractivity contribution is 0.126. The van der Waals surface area contributed by atoms with Crippen molar-refractivity contribution in [2.24, 2.45) is 11.1 Å². The molecule has 0 radical (unpaired) electrons. The lowest BCUT2D eigenvalue weighted by Crippen LogP contribution is -2.26. The van der Waals surface area contributed by atoms with E-state index in [1.54, 1.807) is 0 Å². The molecule has 0 fully saturated rings. The zero-order valence-electron chi connectivity index (χ0n) is 9.78. The number of nitrogens with two attached hydrogens (primary N) is 1. The second-order valence-corrected chi connectivity index (χ2v) is 4.53. The van der Waals surface area contributed by atoms with Gasteiger partial charge in [-0.3, -0.25) is 0 Å². The predicted octanol–water partition coefficient (Wildman–Crippen LogP) is 1.65. The van der Waals surface area contributed by atoms with Crippen molar-refractivity contribution in [3.05, 3.63) is 11.7 Å². The van der Waals surface area contributed by atoms with Gasteiger partial charge >= 0.3 is 0 Å². The minimum atomic E-state index is -0.250. The fourth-order valence-corrected chi connectivity index (χ4v) is 1.02. The van der Waals surface area contributed by atoms with Crippen molar-refractivity contribution in [3.8, 4) is 0 Å². The summed E-state index contributed by atoms with van der Waals surface area (Å²) in [5.74, 6) is 1.02. The van der Waals surface area contributed by atoms with Gasteiger partial charge in [-0.25, -0.2) is 0 Å². The van der Waals surface area contributed by atoms with Crippen molar-refractivity contribution in [2.75, 3.05) is 6.61 Å². The summed E-state index contributed by atoms with van der Waals surface area (Å²) >= 11 is 0. The molecule has 1 heterocycles. The highest BCUT2D eigenvalue weighted by Gasteiger charge is 2.27. The third kappa shape index (κ3) is 3.28. The molecule has 0 aromatic carbocycles. The molecule has 2 N–H and O–H groups in total. The summed E-state index contributed by atoms with van der Waals surface area (Å²) in [6.45, 7) is 9.02. The lowest BCUT2D eigenvalue weighted by atomic mass is 9.87. The Labute approximate surface area is 90.0 Å². The first-order chi connectivity index (χ1) is 6.95. The number of rotatable bonds is 4. The maximum absolute atomic E-state index is 5.98. The topological polar surface area (TPSA) is 74.2 Å². The molecule has 0 aliphatic heterocycles. The Morgan fingerprint density at radius 3 is 2.67 bits per heavy atom. The minimum absolute atomic E-state index is 0.0879. The average Bonchev–Trinajstić information content (AvgIpc) is 2.60. The number of nitrogens with zero attached hydrogens (tertiary/aromatic N) is 2. The first-order valence-corrected chi connectivity index (χ1v) is 5.11. The van der Waals surface area contributed by atoms with Crippen molar-refractivity contribution in [1.82, 2.24) is 10.1 Å². The second kappa shape index (κ2) is 4.72. The van der Waals surface area contributed by atoms with Gasteiger partial charge < -0.3 is 15.0 Å². The van der Waals surface area contributed by atoms with E-state index in [1.807, 2.05) is 27.7 Å². The zero-order chi connectivity index (χ0) is 11.5. The van der Waals surface area contributed by atoms with Crippen LogP contribution in [0.15, 0.2) is 4.52 Å². The van der Waals surface area contributed by atoms with Crippen LogP contribution < -0.4 is 5.73 Å². The smallest absolute Gasteiger partial charge is 0.244 e. The molecule has 0 aliphatic rings. The summed E-state index contributed by atoms with van der Waals surface area (Å²) in [7, 11) is 0. The molecule has 1 aromatic rings. The monoisotopic (exact) mass is 213 g/mol. The Balaban J connectivity index is 2.67. The van der Waals surface area contributed by atoms with Crippen molar-refractivity contribution in [1.29, 1.82) is 0 Å². The van der Waals surface area contributed by atoms with Crippen LogP contribution >= 0.6 is 0 Å². The molecule has 5 nitrogen and oxygen atoms in total. The minimum Gasteiger partial charge on any atom is -0.374 e. The fraction of sp³-hybridized carbons (Fsp3) is 0.800. The van der Waals surface area contributed by atoms with Crippen molar-refractivity contribution in [2.45, 2.75) is 40.3 Å². The highest BCUT2D eigenvalue weighted by Crippen LogP contribution is 2.29. The van der Waals surface area contributed by atoms with Crippen LogP contribution in [0.5, 0.6) is 0 Å². The summed E-state index contributed by atoms with van der Waals surface area (Å²) in [4.78, 5) is 4.19. The molecule has 1 atom stereocenters. The zero-order valence-corrected chi connectivity index (χ0v) is 9.78. The third-order valence-electron chi connectivity index (χ3n) is 2.12. The first-order valence-electron chi connectivity index (χ1n) is 5.11. The van der Waals surface area contributed by atoms with Crippen LogP contribution in [0.2, 0.25) is 0 Å². The molecular weight excluding hydrogens is 194 g/mol. The van der Waals surface area contributed by atoms with Crippen LogP contribution in [0, 0.1) is 5.41 Å². The maximum atomic E-state index is 5.98. The van der Waals surface area contributed by atoms with E-state index in [1.165, 1.54) is 0 Å². The van der Waals surface area contributed by atoms with Gasteiger partial charge in [-0.15, -0.1) is 0 Å². The fourth-order valence-electron chi connectivity index (χ4n) is 1.02.